The molecule has 0 spiro atoms. The number of benzene rings is 1. The molecular weight excluding hydrogens is 241 g/mol. The summed E-state index contributed by atoms with van der Waals surface area (Å²) in [5, 5.41) is 9.53. The van der Waals surface area contributed by atoms with E-state index in [4.69, 9.17) is 0 Å². The molecule has 1 saturated heterocycles. The Morgan fingerprint density at radius 1 is 1.26 bits per heavy atom. The fourth-order valence-electron chi connectivity index (χ4n) is 3.11. The second kappa shape index (κ2) is 5.59. The van der Waals surface area contributed by atoms with E-state index in [1.54, 1.807) is 0 Å². The Morgan fingerprint density at radius 2 is 1.89 bits per heavy atom. The summed E-state index contributed by atoms with van der Waals surface area (Å²) in [6.45, 7) is 7.80. The van der Waals surface area contributed by atoms with Crippen molar-refractivity contribution in [2.45, 2.75) is 45.2 Å². The zero-order chi connectivity index (χ0) is 14.0. The van der Waals surface area contributed by atoms with E-state index in [0.29, 0.717) is 5.92 Å². The van der Waals surface area contributed by atoms with Crippen LogP contribution in [0.4, 0.5) is 4.39 Å². The van der Waals surface area contributed by atoms with Crippen LogP contribution < -0.4 is 0 Å². The third-order valence-electron chi connectivity index (χ3n) is 4.01. The molecule has 0 saturated carbocycles. The lowest BCUT2D eigenvalue weighted by Crippen LogP contribution is -2.46. The molecule has 0 aliphatic carbocycles. The van der Waals surface area contributed by atoms with Crippen LogP contribution in [0.15, 0.2) is 24.3 Å². The summed E-state index contributed by atoms with van der Waals surface area (Å²) < 4.78 is 12.9. The molecule has 2 unspecified atom stereocenters. The van der Waals surface area contributed by atoms with Gasteiger partial charge in [-0.3, -0.25) is 4.90 Å². The van der Waals surface area contributed by atoms with Gasteiger partial charge in [0.05, 0.1) is 6.61 Å². The van der Waals surface area contributed by atoms with Gasteiger partial charge >= 0.3 is 0 Å². The lowest BCUT2D eigenvalue weighted by atomic mass is 9.97. The second-order valence-corrected chi connectivity index (χ2v) is 6.59. The summed E-state index contributed by atoms with van der Waals surface area (Å²) in [6.07, 6.45) is 1.98. The van der Waals surface area contributed by atoms with Crippen LogP contribution in [0.5, 0.6) is 0 Å². The van der Waals surface area contributed by atoms with Crippen molar-refractivity contribution in [1.82, 2.24) is 4.90 Å². The molecular formula is C16H24FNO. The van der Waals surface area contributed by atoms with Crippen molar-refractivity contribution in [3.63, 3.8) is 0 Å². The number of nitrogens with zero attached hydrogens (tertiary/aromatic N) is 1. The number of aliphatic hydroxyl groups excluding tert-OH is 1. The van der Waals surface area contributed by atoms with Crippen molar-refractivity contribution in [2.24, 2.45) is 5.92 Å². The molecule has 3 heteroatoms. The molecule has 1 aliphatic heterocycles. The van der Waals surface area contributed by atoms with Crippen LogP contribution in [0, 0.1) is 11.7 Å². The zero-order valence-electron chi connectivity index (χ0n) is 12.1. The molecule has 1 fully saturated rings. The van der Waals surface area contributed by atoms with Crippen LogP contribution in [-0.4, -0.2) is 34.7 Å². The molecule has 2 nitrogen and oxygen atoms in total. The van der Waals surface area contributed by atoms with Crippen molar-refractivity contribution >= 4 is 0 Å². The van der Waals surface area contributed by atoms with Crippen molar-refractivity contribution < 1.29 is 9.50 Å². The van der Waals surface area contributed by atoms with E-state index in [2.05, 4.69) is 25.7 Å². The minimum absolute atomic E-state index is 0.0882. The fraction of sp³-hybridized carbons (Fsp3) is 0.625. The third-order valence-corrected chi connectivity index (χ3v) is 4.01. The molecule has 19 heavy (non-hydrogen) atoms. The van der Waals surface area contributed by atoms with Crippen LogP contribution in [0.25, 0.3) is 0 Å². The Bertz CT molecular complexity index is 410. The van der Waals surface area contributed by atoms with Crippen molar-refractivity contribution in [3.8, 4) is 0 Å². The summed E-state index contributed by atoms with van der Waals surface area (Å²) in [4.78, 5) is 2.39. The minimum atomic E-state index is -0.181. The van der Waals surface area contributed by atoms with E-state index < -0.39 is 0 Å². The Hall–Kier alpha value is -0.930. The van der Waals surface area contributed by atoms with Crippen molar-refractivity contribution in [2.75, 3.05) is 13.2 Å². The highest BCUT2D eigenvalue weighted by Gasteiger charge is 2.37. The smallest absolute Gasteiger partial charge is 0.123 e. The second-order valence-electron chi connectivity index (χ2n) is 6.59. The Morgan fingerprint density at radius 3 is 2.37 bits per heavy atom. The SMILES string of the molecule is CC(C)(C)N1CC(Cc2ccc(F)cc2)CC1CO. The van der Waals surface area contributed by atoms with Gasteiger partial charge in [-0.05, 0) is 57.2 Å². The van der Waals surface area contributed by atoms with Gasteiger partial charge in [-0.15, -0.1) is 0 Å². The maximum absolute atomic E-state index is 12.9. The van der Waals surface area contributed by atoms with Gasteiger partial charge in [-0.25, -0.2) is 4.39 Å². The first-order chi connectivity index (χ1) is 8.90. The largest absolute Gasteiger partial charge is 0.395 e. The Balaban J connectivity index is 2.02. The number of likely N-dealkylation sites (tertiary alicyclic amines) is 1. The van der Waals surface area contributed by atoms with Gasteiger partial charge in [0.15, 0.2) is 0 Å². The Kier molecular flexibility index (Phi) is 4.26. The molecule has 106 valence electrons. The summed E-state index contributed by atoms with van der Waals surface area (Å²) in [7, 11) is 0. The number of aliphatic hydroxyl groups is 1. The molecule has 0 amide bonds. The lowest BCUT2D eigenvalue weighted by Gasteiger charge is -2.36. The van der Waals surface area contributed by atoms with Gasteiger partial charge in [0.2, 0.25) is 0 Å². The maximum Gasteiger partial charge on any atom is 0.123 e. The summed E-state index contributed by atoms with van der Waals surface area (Å²) >= 11 is 0. The molecule has 1 aromatic rings. The van der Waals surface area contributed by atoms with Gasteiger partial charge in [-0.1, -0.05) is 12.1 Å². The molecule has 1 aliphatic rings. The highest BCUT2D eigenvalue weighted by atomic mass is 19.1. The van der Waals surface area contributed by atoms with E-state index in [1.165, 1.54) is 17.7 Å². The van der Waals surface area contributed by atoms with Crippen molar-refractivity contribution in [3.05, 3.63) is 35.6 Å². The molecule has 1 aromatic carbocycles. The van der Waals surface area contributed by atoms with Crippen LogP contribution in [-0.2, 0) is 6.42 Å². The van der Waals surface area contributed by atoms with Gasteiger partial charge in [0, 0.05) is 18.1 Å². The monoisotopic (exact) mass is 265 g/mol. The van der Waals surface area contributed by atoms with E-state index in [9.17, 15) is 9.50 Å². The number of hydrogen-bond donors (Lipinski definition) is 1. The lowest BCUT2D eigenvalue weighted by molar-refractivity contribution is 0.0793. The van der Waals surface area contributed by atoms with Gasteiger partial charge < -0.3 is 5.11 Å². The number of halogens is 1. The standard InChI is InChI=1S/C16H24FNO/c1-16(2,3)18-10-13(9-15(18)11-19)8-12-4-6-14(17)7-5-12/h4-7,13,15,19H,8-11H2,1-3H3. The molecule has 0 bridgehead atoms. The molecule has 1 heterocycles. The number of hydrogen-bond acceptors (Lipinski definition) is 2. The first-order valence-electron chi connectivity index (χ1n) is 7.02. The predicted molar refractivity (Wildman–Crippen MR) is 75.5 cm³/mol. The topological polar surface area (TPSA) is 23.5 Å². The predicted octanol–water partition coefficient (Wildman–Crippen LogP) is 2.85. The summed E-state index contributed by atoms with van der Waals surface area (Å²) in [5.41, 5.74) is 1.27. The fourth-order valence-corrected chi connectivity index (χ4v) is 3.11. The molecule has 0 aromatic heterocycles. The van der Waals surface area contributed by atoms with Gasteiger partial charge in [0.1, 0.15) is 5.82 Å². The van der Waals surface area contributed by atoms with E-state index in [1.807, 2.05) is 12.1 Å². The average molecular weight is 265 g/mol. The van der Waals surface area contributed by atoms with Crippen LogP contribution in [0.3, 0.4) is 0 Å². The average Bonchev–Trinajstić information content (AvgIpc) is 2.75. The third kappa shape index (κ3) is 3.54. The zero-order valence-corrected chi connectivity index (χ0v) is 12.1. The van der Waals surface area contributed by atoms with Gasteiger partial charge in [-0.2, -0.15) is 0 Å². The highest BCUT2D eigenvalue weighted by Crippen LogP contribution is 2.31. The molecule has 1 N–H and O–H groups in total. The Labute approximate surface area is 115 Å². The quantitative estimate of drug-likeness (QED) is 0.908. The molecule has 0 radical (unpaired) electrons. The first kappa shape index (κ1) is 14.5. The van der Waals surface area contributed by atoms with Crippen LogP contribution in [0.2, 0.25) is 0 Å². The van der Waals surface area contributed by atoms with Gasteiger partial charge in [0.25, 0.3) is 0 Å². The van der Waals surface area contributed by atoms with E-state index in [0.717, 1.165) is 19.4 Å². The van der Waals surface area contributed by atoms with Crippen LogP contribution in [0.1, 0.15) is 32.8 Å². The van der Waals surface area contributed by atoms with E-state index in [-0.39, 0.29) is 24.0 Å². The molecule has 2 atom stereocenters. The first-order valence-corrected chi connectivity index (χ1v) is 7.02. The summed E-state index contributed by atoms with van der Waals surface area (Å²) in [6, 6.07) is 7.03. The van der Waals surface area contributed by atoms with Crippen LogP contribution >= 0.6 is 0 Å². The normalized spacial score (nSPS) is 24.9. The number of rotatable bonds is 3. The van der Waals surface area contributed by atoms with Crippen molar-refractivity contribution in [1.29, 1.82) is 0 Å². The maximum atomic E-state index is 12.9. The molecule has 2 rings (SSSR count). The minimum Gasteiger partial charge on any atom is -0.395 e. The van der Waals surface area contributed by atoms with E-state index >= 15 is 0 Å². The summed E-state index contributed by atoms with van der Waals surface area (Å²) in [5.74, 6) is 0.363. The highest BCUT2D eigenvalue weighted by molar-refractivity contribution is 5.17.